The number of ether oxygens (including phenoxy) is 1. The van der Waals surface area contributed by atoms with Crippen molar-refractivity contribution in [3.05, 3.63) is 163 Å². The lowest BCUT2D eigenvalue weighted by molar-refractivity contribution is -0.122. The maximum atomic E-state index is 14.3. The van der Waals surface area contributed by atoms with E-state index in [4.69, 9.17) is 39.5 Å². The standard InChI is InChI=1S/C42H32Cl3N3O4/c43-35-13-11-26(21-36(35)44)24-52-38-14-12-25(20-37(38)45)19-34-40(49)46-42(51)48(41(34)50)29-22-32-30(27-7-3-1-4-8-27)15-17-47-18-16-31(33(23-29)39(32)47)28-9-5-2-6-10-28/h1-14,19-23,30-31H,15-18,24H2,(H,46,49,51)/b34-19+/t30-,31-/m0/s1. The number of imide groups is 2. The third-order valence-corrected chi connectivity index (χ3v) is 11.0. The number of halogens is 3. The molecule has 52 heavy (non-hydrogen) atoms. The highest BCUT2D eigenvalue weighted by Crippen LogP contribution is 2.50. The molecule has 3 aliphatic rings. The SMILES string of the molecule is O=C1NC(=O)N(c2cc3c4c(c2)[C@H](c2ccccc2)CCN4CC[C@H]3c2ccccc2)C(=O)/C1=C/c1ccc(OCc2ccc(Cl)c(Cl)c2)c(Cl)c1. The predicted octanol–water partition coefficient (Wildman–Crippen LogP) is 9.77. The second-order valence-corrected chi connectivity index (χ2v) is 14.4. The minimum atomic E-state index is -0.792. The summed E-state index contributed by atoms with van der Waals surface area (Å²) in [5, 5.41) is 3.55. The fourth-order valence-electron chi connectivity index (χ4n) is 7.54. The van der Waals surface area contributed by atoms with E-state index in [1.807, 2.05) is 48.5 Å². The summed E-state index contributed by atoms with van der Waals surface area (Å²) in [4.78, 5) is 44.5. The molecule has 0 aromatic heterocycles. The van der Waals surface area contributed by atoms with Gasteiger partial charge in [-0.3, -0.25) is 14.9 Å². The molecule has 3 heterocycles. The molecule has 0 saturated carbocycles. The normalized spacial score (nSPS) is 19.1. The zero-order valence-electron chi connectivity index (χ0n) is 27.8. The number of amides is 4. The van der Waals surface area contributed by atoms with Crippen molar-refractivity contribution in [1.82, 2.24) is 5.32 Å². The summed E-state index contributed by atoms with van der Waals surface area (Å²) >= 11 is 18.7. The number of carbonyl (C=O) groups excluding carboxylic acids is 3. The molecule has 4 amide bonds. The third-order valence-electron chi connectivity index (χ3n) is 10.0. The first-order valence-corrected chi connectivity index (χ1v) is 18.2. The van der Waals surface area contributed by atoms with Crippen molar-refractivity contribution < 1.29 is 19.1 Å². The van der Waals surface area contributed by atoms with Gasteiger partial charge in [-0.15, -0.1) is 0 Å². The lowest BCUT2D eigenvalue weighted by Gasteiger charge is -2.44. The molecule has 5 aromatic carbocycles. The number of hydrogen-bond acceptors (Lipinski definition) is 5. The molecule has 3 aliphatic heterocycles. The average molecular weight is 749 g/mol. The van der Waals surface area contributed by atoms with Crippen LogP contribution in [0, 0.1) is 0 Å². The molecule has 260 valence electrons. The van der Waals surface area contributed by atoms with Crippen LogP contribution in [0.15, 0.2) is 115 Å². The third kappa shape index (κ3) is 6.45. The highest BCUT2D eigenvalue weighted by molar-refractivity contribution is 6.42. The van der Waals surface area contributed by atoms with E-state index >= 15 is 0 Å². The second-order valence-electron chi connectivity index (χ2n) is 13.1. The van der Waals surface area contributed by atoms with Crippen LogP contribution in [0.5, 0.6) is 5.75 Å². The minimum absolute atomic E-state index is 0.0693. The fourth-order valence-corrected chi connectivity index (χ4v) is 8.11. The van der Waals surface area contributed by atoms with Crippen molar-refractivity contribution in [1.29, 1.82) is 0 Å². The van der Waals surface area contributed by atoms with Crippen LogP contribution >= 0.6 is 34.8 Å². The number of rotatable bonds is 7. The van der Waals surface area contributed by atoms with E-state index in [1.165, 1.54) is 17.2 Å². The van der Waals surface area contributed by atoms with Gasteiger partial charge in [0, 0.05) is 30.6 Å². The summed E-state index contributed by atoms with van der Waals surface area (Å²) in [6.45, 7) is 2.02. The highest BCUT2D eigenvalue weighted by Gasteiger charge is 2.40. The Morgan fingerprint density at radius 3 is 1.94 bits per heavy atom. The largest absolute Gasteiger partial charge is 0.487 e. The van der Waals surface area contributed by atoms with Crippen LogP contribution < -0.4 is 19.9 Å². The number of carbonyl (C=O) groups is 3. The molecule has 1 saturated heterocycles. The topological polar surface area (TPSA) is 79.0 Å². The van der Waals surface area contributed by atoms with E-state index in [0.717, 1.165) is 53.2 Å². The Kier molecular flexibility index (Phi) is 9.26. The van der Waals surface area contributed by atoms with Gasteiger partial charge in [0.25, 0.3) is 11.8 Å². The van der Waals surface area contributed by atoms with Gasteiger partial charge in [-0.25, -0.2) is 9.69 Å². The smallest absolute Gasteiger partial charge is 0.335 e. The number of nitrogens with zero attached hydrogens (tertiary/aromatic N) is 2. The van der Waals surface area contributed by atoms with Gasteiger partial charge in [-0.1, -0.05) is 108 Å². The van der Waals surface area contributed by atoms with Gasteiger partial charge in [0.15, 0.2) is 0 Å². The van der Waals surface area contributed by atoms with Crippen molar-refractivity contribution in [2.45, 2.75) is 31.3 Å². The maximum Gasteiger partial charge on any atom is 0.335 e. The Morgan fingerprint density at radius 1 is 0.712 bits per heavy atom. The number of anilines is 2. The number of urea groups is 1. The van der Waals surface area contributed by atoms with E-state index in [1.54, 1.807) is 36.4 Å². The van der Waals surface area contributed by atoms with Crippen molar-refractivity contribution >= 4 is 70.1 Å². The maximum absolute atomic E-state index is 14.3. The number of nitrogens with one attached hydrogen (secondary N) is 1. The predicted molar refractivity (Wildman–Crippen MR) is 206 cm³/mol. The Bertz CT molecular complexity index is 2190. The van der Waals surface area contributed by atoms with Crippen molar-refractivity contribution in [3.63, 3.8) is 0 Å². The molecule has 0 spiro atoms. The van der Waals surface area contributed by atoms with E-state index in [-0.39, 0.29) is 29.0 Å². The van der Waals surface area contributed by atoms with Crippen molar-refractivity contribution in [2.24, 2.45) is 0 Å². The molecular formula is C42H32Cl3N3O4. The Hall–Kier alpha value is -5.08. The van der Waals surface area contributed by atoms with Crippen LogP contribution in [0.1, 0.15) is 58.1 Å². The van der Waals surface area contributed by atoms with Gasteiger partial charge in [-0.2, -0.15) is 0 Å². The van der Waals surface area contributed by atoms with Crippen LogP contribution in [0.3, 0.4) is 0 Å². The van der Waals surface area contributed by atoms with E-state index < -0.39 is 17.8 Å². The summed E-state index contributed by atoms with van der Waals surface area (Å²) in [6.07, 6.45) is 3.23. The lowest BCUT2D eigenvalue weighted by atomic mass is 9.76. The summed E-state index contributed by atoms with van der Waals surface area (Å²) < 4.78 is 5.90. The first kappa shape index (κ1) is 34.0. The quantitative estimate of drug-likeness (QED) is 0.133. The molecule has 2 atom stereocenters. The zero-order chi connectivity index (χ0) is 35.9. The summed E-state index contributed by atoms with van der Waals surface area (Å²) in [5.41, 5.74) is 7.18. The Balaban J connectivity index is 1.15. The molecule has 1 N–H and O–H groups in total. The molecule has 0 aliphatic carbocycles. The van der Waals surface area contributed by atoms with Gasteiger partial charge in [0.1, 0.15) is 17.9 Å². The molecule has 0 radical (unpaired) electrons. The molecule has 0 unspecified atom stereocenters. The van der Waals surface area contributed by atoms with Gasteiger partial charge in [0.2, 0.25) is 0 Å². The van der Waals surface area contributed by atoms with Crippen LogP contribution in [0.4, 0.5) is 16.2 Å². The monoisotopic (exact) mass is 747 g/mol. The fraction of sp³-hybridized carbons (Fsp3) is 0.167. The van der Waals surface area contributed by atoms with Crippen LogP contribution in [-0.4, -0.2) is 30.9 Å². The number of hydrogen-bond donors (Lipinski definition) is 1. The van der Waals surface area contributed by atoms with Crippen molar-refractivity contribution in [3.8, 4) is 5.75 Å². The number of barbiturate groups is 1. The Morgan fingerprint density at radius 2 is 1.35 bits per heavy atom. The molecule has 10 heteroatoms. The van der Waals surface area contributed by atoms with E-state index in [0.29, 0.717) is 27.0 Å². The summed E-state index contributed by atoms with van der Waals surface area (Å²) in [6, 6.07) is 34.0. The van der Waals surface area contributed by atoms with E-state index in [9.17, 15) is 14.4 Å². The first-order valence-electron chi connectivity index (χ1n) is 17.1. The van der Waals surface area contributed by atoms with Gasteiger partial charge >= 0.3 is 6.03 Å². The van der Waals surface area contributed by atoms with Gasteiger partial charge < -0.3 is 9.64 Å². The van der Waals surface area contributed by atoms with Crippen LogP contribution in [0.2, 0.25) is 15.1 Å². The zero-order valence-corrected chi connectivity index (χ0v) is 30.1. The van der Waals surface area contributed by atoms with Crippen molar-refractivity contribution in [2.75, 3.05) is 22.9 Å². The van der Waals surface area contributed by atoms with Crippen LogP contribution in [-0.2, 0) is 16.2 Å². The lowest BCUT2D eigenvalue weighted by Crippen LogP contribution is -2.54. The molecule has 0 bridgehead atoms. The second kappa shape index (κ2) is 14.2. The molecule has 5 aromatic rings. The minimum Gasteiger partial charge on any atom is -0.487 e. The van der Waals surface area contributed by atoms with Crippen LogP contribution in [0.25, 0.3) is 6.08 Å². The van der Waals surface area contributed by atoms with Gasteiger partial charge in [0.05, 0.1) is 20.8 Å². The van der Waals surface area contributed by atoms with E-state index in [2.05, 4.69) is 34.5 Å². The average Bonchev–Trinajstić information content (AvgIpc) is 3.15. The molecular weight excluding hydrogens is 717 g/mol. The first-order chi connectivity index (χ1) is 25.2. The molecule has 8 rings (SSSR count). The summed E-state index contributed by atoms with van der Waals surface area (Å²) in [5.74, 6) is -0.950. The number of benzene rings is 5. The van der Waals surface area contributed by atoms with Gasteiger partial charge in [-0.05, 0) is 88.7 Å². The summed E-state index contributed by atoms with van der Waals surface area (Å²) in [7, 11) is 0. The molecule has 1 fully saturated rings. The highest BCUT2D eigenvalue weighted by atomic mass is 35.5. The Labute approximate surface area is 316 Å². The molecule has 7 nitrogen and oxygen atoms in total.